The van der Waals surface area contributed by atoms with Gasteiger partial charge in [-0.15, -0.1) is 0 Å². The number of amides is 1. The maximum Gasteiger partial charge on any atom is 0.252 e. The number of carbonyl (C=O) groups is 1. The Labute approximate surface area is 172 Å². The third kappa shape index (κ3) is 3.81. The Morgan fingerprint density at radius 2 is 1.87 bits per heavy atom. The Kier molecular flexibility index (Phi) is 5.32. The molecule has 8 nitrogen and oxygen atoms in total. The average molecular weight is 403 g/mol. The van der Waals surface area contributed by atoms with E-state index >= 15 is 0 Å². The molecule has 1 atom stereocenters. The molecule has 0 saturated heterocycles. The molecule has 1 amide bonds. The zero-order valence-electron chi connectivity index (χ0n) is 16.5. The van der Waals surface area contributed by atoms with E-state index in [0.29, 0.717) is 33.7 Å². The van der Waals surface area contributed by atoms with Crippen molar-refractivity contribution in [1.29, 1.82) is 0 Å². The monoisotopic (exact) mass is 403 g/mol. The summed E-state index contributed by atoms with van der Waals surface area (Å²) in [7, 11) is 1.55. The first kappa shape index (κ1) is 19.4. The minimum absolute atomic E-state index is 0.283. The van der Waals surface area contributed by atoms with Crippen molar-refractivity contribution >= 4 is 34.1 Å². The van der Waals surface area contributed by atoms with E-state index in [9.17, 15) is 9.90 Å². The van der Waals surface area contributed by atoms with Crippen LogP contribution in [0.25, 0.3) is 11.0 Å². The predicted octanol–water partition coefficient (Wildman–Crippen LogP) is 3.74. The van der Waals surface area contributed by atoms with Gasteiger partial charge < -0.3 is 25.6 Å². The average Bonchev–Trinajstić information content (AvgIpc) is 3.20. The fourth-order valence-corrected chi connectivity index (χ4v) is 3.10. The molecule has 0 bridgehead atoms. The Balaban J connectivity index is 1.70. The van der Waals surface area contributed by atoms with Gasteiger partial charge in [-0.25, -0.2) is 4.98 Å². The number of pyridine rings is 1. The van der Waals surface area contributed by atoms with E-state index in [1.165, 1.54) is 6.20 Å². The van der Waals surface area contributed by atoms with Crippen LogP contribution in [-0.4, -0.2) is 28.2 Å². The molecule has 8 heteroatoms. The van der Waals surface area contributed by atoms with E-state index in [1.807, 2.05) is 49.4 Å². The molecule has 0 fully saturated rings. The van der Waals surface area contributed by atoms with Gasteiger partial charge in [0.05, 0.1) is 11.3 Å². The van der Waals surface area contributed by atoms with Crippen LogP contribution in [0.2, 0.25) is 0 Å². The highest BCUT2D eigenvalue weighted by atomic mass is 16.5. The van der Waals surface area contributed by atoms with Crippen LogP contribution < -0.4 is 16.0 Å². The molecule has 0 aliphatic rings. The Hall–Kier alpha value is -3.91. The number of nitrogens with zero attached hydrogens (tertiary/aromatic N) is 2. The second-order valence-corrected chi connectivity index (χ2v) is 6.75. The molecular weight excluding hydrogens is 382 g/mol. The fourth-order valence-electron chi connectivity index (χ4n) is 3.10. The first-order chi connectivity index (χ1) is 14.6. The number of rotatable bonds is 6. The molecule has 152 valence electrons. The molecule has 0 saturated carbocycles. The van der Waals surface area contributed by atoms with E-state index in [1.54, 1.807) is 19.2 Å². The number of aryl methyl sites for hydroxylation is 1. The molecule has 2 aromatic heterocycles. The smallest absolute Gasteiger partial charge is 0.252 e. The van der Waals surface area contributed by atoms with Crippen LogP contribution in [0.4, 0.5) is 17.2 Å². The van der Waals surface area contributed by atoms with Gasteiger partial charge in [0.15, 0.2) is 17.6 Å². The number of anilines is 3. The van der Waals surface area contributed by atoms with Crippen molar-refractivity contribution in [2.45, 2.75) is 13.2 Å². The molecule has 1 unspecified atom stereocenters. The molecule has 0 radical (unpaired) electrons. The summed E-state index contributed by atoms with van der Waals surface area (Å²) < 4.78 is 5.28. The molecule has 2 aromatic carbocycles. The largest absolute Gasteiger partial charge is 0.368 e. The van der Waals surface area contributed by atoms with Gasteiger partial charge in [0.25, 0.3) is 5.91 Å². The normalized spacial score (nSPS) is 11.8. The highest BCUT2D eigenvalue weighted by Gasteiger charge is 2.19. The van der Waals surface area contributed by atoms with Crippen LogP contribution in [-0.2, 0) is 0 Å². The zero-order valence-corrected chi connectivity index (χ0v) is 16.5. The van der Waals surface area contributed by atoms with Crippen LogP contribution in [0.5, 0.6) is 0 Å². The van der Waals surface area contributed by atoms with Crippen molar-refractivity contribution in [1.82, 2.24) is 15.5 Å². The maximum absolute atomic E-state index is 12.1. The van der Waals surface area contributed by atoms with Crippen molar-refractivity contribution in [2.24, 2.45) is 0 Å². The summed E-state index contributed by atoms with van der Waals surface area (Å²) in [5.41, 5.74) is 3.61. The van der Waals surface area contributed by atoms with Gasteiger partial charge in [0.2, 0.25) is 0 Å². The van der Waals surface area contributed by atoms with Gasteiger partial charge in [0, 0.05) is 24.3 Å². The predicted molar refractivity (Wildman–Crippen MR) is 115 cm³/mol. The van der Waals surface area contributed by atoms with Crippen LogP contribution in [0.3, 0.4) is 0 Å². The number of fused-ring (bicyclic) bond motifs is 1. The lowest BCUT2D eigenvalue weighted by Gasteiger charge is -2.18. The minimum Gasteiger partial charge on any atom is -0.368 e. The van der Waals surface area contributed by atoms with Gasteiger partial charge in [0.1, 0.15) is 5.69 Å². The fraction of sp³-hybridized carbons (Fsp3) is 0.136. The number of aliphatic hydroxyl groups excluding tert-OH is 1. The number of hydrogen-bond donors (Lipinski definition) is 4. The Morgan fingerprint density at radius 1 is 1.10 bits per heavy atom. The van der Waals surface area contributed by atoms with Gasteiger partial charge in [-0.2, -0.15) is 0 Å². The number of aromatic nitrogens is 2. The van der Waals surface area contributed by atoms with E-state index < -0.39 is 6.23 Å². The van der Waals surface area contributed by atoms with Gasteiger partial charge >= 0.3 is 0 Å². The molecule has 30 heavy (non-hydrogen) atoms. The van der Waals surface area contributed by atoms with Crippen molar-refractivity contribution in [3.63, 3.8) is 0 Å². The van der Waals surface area contributed by atoms with Gasteiger partial charge in [-0.1, -0.05) is 35.5 Å². The lowest BCUT2D eigenvalue weighted by atomic mass is 10.1. The lowest BCUT2D eigenvalue weighted by Crippen LogP contribution is -2.19. The summed E-state index contributed by atoms with van der Waals surface area (Å²) >= 11 is 0. The third-order valence-electron chi connectivity index (χ3n) is 4.73. The number of aliphatic hydroxyl groups is 1. The van der Waals surface area contributed by atoms with E-state index in [-0.39, 0.29) is 5.91 Å². The maximum atomic E-state index is 12.1. The molecule has 4 N–H and O–H groups in total. The quantitative estimate of drug-likeness (QED) is 0.363. The molecule has 4 rings (SSSR count). The second kappa shape index (κ2) is 8.22. The number of hydrogen-bond acceptors (Lipinski definition) is 7. The summed E-state index contributed by atoms with van der Waals surface area (Å²) in [6.45, 7) is 1.98. The minimum atomic E-state index is -1.17. The topological polar surface area (TPSA) is 112 Å². The Morgan fingerprint density at radius 3 is 2.67 bits per heavy atom. The van der Waals surface area contributed by atoms with Gasteiger partial charge in [-0.05, 0) is 36.8 Å². The van der Waals surface area contributed by atoms with Crippen LogP contribution >= 0.6 is 0 Å². The molecular formula is C22H21N5O3. The zero-order chi connectivity index (χ0) is 21.1. The van der Waals surface area contributed by atoms with Crippen LogP contribution in [0.1, 0.15) is 27.8 Å². The molecule has 0 aliphatic heterocycles. The summed E-state index contributed by atoms with van der Waals surface area (Å²) in [4.78, 5) is 16.5. The number of para-hydroxylation sites is 2. The molecule has 2 heterocycles. The third-order valence-corrected chi connectivity index (χ3v) is 4.73. The highest BCUT2D eigenvalue weighted by molar-refractivity contribution is 5.95. The van der Waals surface area contributed by atoms with E-state index in [4.69, 9.17) is 4.52 Å². The van der Waals surface area contributed by atoms with Crippen molar-refractivity contribution < 1.29 is 14.4 Å². The van der Waals surface area contributed by atoms with Crippen LogP contribution in [0, 0.1) is 6.92 Å². The molecule has 4 aromatic rings. The molecule has 0 aliphatic carbocycles. The van der Waals surface area contributed by atoms with Crippen molar-refractivity contribution in [2.75, 3.05) is 17.7 Å². The second-order valence-electron chi connectivity index (χ2n) is 6.75. The summed E-state index contributed by atoms with van der Waals surface area (Å²) in [6.07, 6.45) is 0.301. The summed E-state index contributed by atoms with van der Waals surface area (Å²) in [5.74, 6) is 0.179. The summed E-state index contributed by atoms with van der Waals surface area (Å²) in [5, 5.41) is 24.3. The standard InChI is InChI=1S/C22H21N5O3/c1-13-7-3-5-9-16(13)25-20-17(11-14(12-24-20)21(28)23-2)26-22(29)19-15-8-4-6-10-18(15)30-27-19/h3-12,22,26,29H,1-2H3,(H,23,28)(H,24,25). The summed E-state index contributed by atoms with van der Waals surface area (Å²) in [6, 6.07) is 16.7. The van der Waals surface area contributed by atoms with E-state index in [2.05, 4.69) is 26.1 Å². The molecule has 0 spiro atoms. The number of nitrogens with one attached hydrogen (secondary N) is 3. The van der Waals surface area contributed by atoms with Crippen molar-refractivity contribution in [3.8, 4) is 0 Å². The van der Waals surface area contributed by atoms with Crippen molar-refractivity contribution in [3.05, 3.63) is 77.6 Å². The van der Waals surface area contributed by atoms with Gasteiger partial charge in [-0.3, -0.25) is 4.79 Å². The number of carbonyl (C=O) groups excluding carboxylic acids is 1. The SMILES string of the molecule is CNC(=O)c1cnc(Nc2ccccc2C)c(NC(O)c2noc3ccccc23)c1. The first-order valence-corrected chi connectivity index (χ1v) is 9.40. The van der Waals surface area contributed by atoms with E-state index in [0.717, 1.165) is 11.3 Å². The Bertz CT molecular complexity index is 1200. The van der Waals surface area contributed by atoms with Crippen LogP contribution in [0.15, 0.2) is 65.3 Å². The number of benzene rings is 2. The lowest BCUT2D eigenvalue weighted by molar-refractivity contribution is 0.0962. The highest BCUT2D eigenvalue weighted by Crippen LogP contribution is 2.30. The first-order valence-electron chi connectivity index (χ1n) is 9.40.